The van der Waals surface area contributed by atoms with Crippen LogP contribution < -0.4 is 5.73 Å². The zero-order valence-corrected chi connectivity index (χ0v) is 9.95. The molecule has 0 heterocycles. The van der Waals surface area contributed by atoms with Gasteiger partial charge in [-0.1, -0.05) is 18.6 Å². The van der Waals surface area contributed by atoms with Crippen molar-refractivity contribution in [3.05, 3.63) is 35.4 Å². The average molecular weight is 255 g/mol. The standard InChI is InChI=1S/C14H16F3N/c15-14(16,17)9-4-1-3-8(7-9)13(18)12-10-5-2-6-11(10)12/h1,3-4,7,10-13H,2,5-6,18H2. The largest absolute Gasteiger partial charge is 0.416 e. The Labute approximate surface area is 104 Å². The lowest BCUT2D eigenvalue weighted by molar-refractivity contribution is -0.137. The summed E-state index contributed by atoms with van der Waals surface area (Å²) in [5, 5.41) is 0. The molecule has 2 saturated carbocycles. The molecule has 2 N–H and O–H groups in total. The summed E-state index contributed by atoms with van der Waals surface area (Å²) in [6, 6.07) is 5.25. The molecule has 4 heteroatoms. The maximum absolute atomic E-state index is 12.6. The maximum Gasteiger partial charge on any atom is 0.416 e. The highest BCUT2D eigenvalue weighted by Gasteiger charge is 2.55. The lowest BCUT2D eigenvalue weighted by Crippen LogP contribution is -2.16. The molecule has 1 nitrogen and oxygen atoms in total. The molecule has 1 aromatic carbocycles. The highest BCUT2D eigenvalue weighted by atomic mass is 19.4. The monoisotopic (exact) mass is 255 g/mol. The molecule has 2 fully saturated rings. The molecule has 0 saturated heterocycles. The highest BCUT2D eigenvalue weighted by molar-refractivity contribution is 5.30. The number of benzene rings is 1. The Bertz CT molecular complexity index is 445. The van der Waals surface area contributed by atoms with Gasteiger partial charge in [0, 0.05) is 6.04 Å². The number of hydrogen-bond acceptors (Lipinski definition) is 1. The average Bonchev–Trinajstić information content (AvgIpc) is 2.80. The van der Waals surface area contributed by atoms with Gasteiger partial charge in [0.15, 0.2) is 0 Å². The topological polar surface area (TPSA) is 26.0 Å². The van der Waals surface area contributed by atoms with Crippen molar-refractivity contribution in [2.24, 2.45) is 23.5 Å². The zero-order chi connectivity index (χ0) is 12.9. The van der Waals surface area contributed by atoms with E-state index >= 15 is 0 Å². The Morgan fingerprint density at radius 3 is 2.44 bits per heavy atom. The predicted octanol–water partition coefficient (Wildman–Crippen LogP) is 3.75. The van der Waals surface area contributed by atoms with E-state index in [9.17, 15) is 13.2 Å². The van der Waals surface area contributed by atoms with E-state index in [1.807, 2.05) is 0 Å². The van der Waals surface area contributed by atoms with Crippen LogP contribution in [0.3, 0.4) is 0 Å². The smallest absolute Gasteiger partial charge is 0.324 e. The molecule has 0 radical (unpaired) electrons. The lowest BCUT2D eigenvalue weighted by Gasteiger charge is -2.16. The number of halogens is 3. The quantitative estimate of drug-likeness (QED) is 0.855. The first-order chi connectivity index (χ1) is 8.48. The zero-order valence-electron chi connectivity index (χ0n) is 9.95. The molecule has 1 aromatic rings. The summed E-state index contributed by atoms with van der Waals surface area (Å²) in [5.41, 5.74) is 6.17. The van der Waals surface area contributed by atoms with Gasteiger partial charge in [-0.15, -0.1) is 0 Å². The molecular formula is C14H16F3N. The third-order valence-electron chi connectivity index (χ3n) is 4.49. The summed E-state index contributed by atoms with van der Waals surface area (Å²) >= 11 is 0. The van der Waals surface area contributed by atoms with Gasteiger partial charge in [-0.2, -0.15) is 13.2 Å². The Morgan fingerprint density at radius 2 is 1.83 bits per heavy atom. The second-order valence-electron chi connectivity index (χ2n) is 5.48. The number of fused-ring (bicyclic) bond motifs is 1. The summed E-state index contributed by atoms with van der Waals surface area (Å²) < 4.78 is 37.9. The molecule has 18 heavy (non-hydrogen) atoms. The van der Waals surface area contributed by atoms with Crippen molar-refractivity contribution in [3.8, 4) is 0 Å². The first-order valence-corrected chi connectivity index (χ1v) is 6.41. The third kappa shape index (κ3) is 1.92. The number of nitrogens with two attached hydrogens (primary N) is 1. The van der Waals surface area contributed by atoms with Gasteiger partial charge in [-0.3, -0.25) is 0 Å². The van der Waals surface area contributed by atoms with Gasteiger partial charge in [0.25, 0.3) is 0 Å². The minimum atomic E-state index is -4.28. The fourth-order valence-corrected chi connectivity index (χ4v) is 3.55. The first-order valence-electron chi connectivity index (χ1n) is 6.41. The van der Waals surface area contributed by atoms with Crippen LogP contribution in [0.25, 0.3) is 0 Å². The normalized spacial score (nSPS) is 32.1. The van der Waals surface area contributed by atoms with E-state index in [-0.39, 0.29) is 6.04 Å². The van der Waals surface area contributed by atoms with E-state index in [0.717, 1.165) is 6.07 Å². The van der Waals surface area contributed by atoms with Gasteiger partial charge in [0.05, 0.1) is 5.56 Å². The molecule has 0 amide bonds. The van der Waals surface area contributed by atoms with E-state index in [4.69, 9.17) is 5.73 Å². The van der Waals surface area contributed by atoms with Gasteiger partial charge in [-0.05, 0) is 48.3 Å². The fraction of sp³-hybridized carbons (Fsp3) is 0.571. The van der Waals surface area contributed by atoms with Gasteiger partial charge < -0.3 is 5.73 Å². The summed E-state index contributed by atoms with van der Waals surface area (Å²) in [5.74, 6) is 1.73. The summed E-state index contributed by atoms with van der Waals surface area (Å²) in [6.07, 6.45) is -0.639. The highest BCUT2D eigenvalue weighted by Crippen LogP contribution is 2.61. The molecule has 2 aliphatic carbocycles. The van der Waals surface area contributed by atoms with E-state index in [1.165, 1.54) is 31.4 Å². The predicted molar refractivity (Wildman–Crippen MR) is 62.7 cm³/mol. The molecule has 3 rings (SSSR count). The second-order valence-corrected chi connectivity index (χ2v) is 5.48. The molecule has 2 aliphatic rings. The Balaban J connectivity index is 1.80. The van der Waals surface area contributed by atoms with E-state index in [2.05, 4.69) is 0 Å². The van der Waals surface area contributed by atoms with Crippen LogP contribution in [0.1, 0.15) is 36.4 Å². The van der Waals surface area contributed by atoms with Crippen LogP contribution in [-0.2, 0) is 6.18 Å². The van der Waals surface area contributed by atoms with Crippen molar-refractivity contribution < 1.29 is 13.2 Å². The van der Waals surface area contributed by atoms with Crippen molar-refractivity contribution >= 4 is 0 Å². The van der Waals surface area contributed by atoms with Crippen molar-refractivity contribution in [1.82, 2.24) is 0 Å². The molecular weight excluding hydrogens is 239 g/mol. The van der Waals surface area contributed by atoms with E-state index in [1.54, 1.807) is 6.07 Å². The van der Waals surface area contributed by atoms with Crippen LogP contribution in [0, 0.1) is 17.8 Å². The first kappa shape index (κ1) is 12.0. The van der Waals surface area contributed by atoms with Crippen LogP contribution in [0.2, 0.25) is 0 Å². The molecule has 0 aliphatic heterocycles. The summed E-state index contributed by atoms with van der Waals surface area (Å²) in [7, 11) is 0. The molecule has 0 spiro atoms. The number of hydrogen-bond donors (Lipinski definition) is 1. The molecule has 3 atom stereocenters. The lowest BCUT2D eigenvalue weighted by atomic mass is 9.96. The summed E-state index contributed by atoms with van der Waals surface area (Å²) in [6.45, 7) is 0. The summed E-state index contributed by atoms with van der Waals surface area (Å²) in [4.78, 5) is 0. The fourth-order valence-electron chi connectivity index (χ4n) is 3.55. The SMILES string of the molecule is NC(c1cccc(C(F)(F)F)c1)C1C2CCCC21. The van der Waals surface area contributed by atoms with Crippen LogP contribution in [0.15, 0.2) is 24.3 Å². The van der Waals surface area contributed by atoms with Crippen LogP contribution >= 0.6 is 0 Å². The minimum absolute atomic E-state index is 0.234. The van der Waals surface area contributed by atoms with Crippen LogP contribution in [0.5, 0.6) is 0 Å². The van der Waals surface area contributed by atoms with E-state index in [0.29, 0.717) is 23.3 Å². The number of alkyl halides is 3. The van der Waals surface area contributed by atoms with Crippen LogP contribution in [-0.4, -0.2) is 0 Å². The van der Waals surface area contributed by atoms with Crippen molar-refractivity contribution in [2.45, 2.75) is 31.5 Å². The molecule has 3 unspecified atom stereocenters. The minimum Gasteiger partial charge on any atom is -0.324 e. The van der Waals surface area contributed by atoms with Crippen molar-refractivity contribution in [2.75, 3.05) is 0 Å². The maximum atomic E-state index is 12.6. The third-order valence-corrected chi connectivity index (χ3v) is 4.49. The van der Waals surface area contributed by atoms with Crippen LogP contribution in [0.4, 0.5) is 13.2 Å². The van der Waals surface area contributed by atoms with Crippen molar-refractivity contribution in [1.29, 1.82) is 0 Å². The Morgan fingerprint density at radius 1 is 1.17 bits per heavy atom. The van der Waals surface area contributed by atoms with E-state index < -0.39 is 11.7 Å². The van der Waals surface area contributed by atoms with Gasteiger partial charge in [-0.25, -0.2) is 0 Å². The second kappa shape index (κ2) is 3.98. The number of rotatable bonds is 2. The van der Waals surface area contributed by atoms with Gasteiger partial charge in [0.1, 0.15) is 0 Å². The molecule has 0 bridgehead atoms. The van der Waals surface area contributed by atoms with Crippen molar-refractivity contribution in [3.63, 3.8) is 0 Å². The van der Waals surface area contributed by atoms with Gasteiger partial charge in [0.2, 0.25) is 0 Å². The Kier molecular flexibility index (Phi) is 2.66. The van der Waals surface area contributed by atoms with Gasteiger partial charge >= 0.3 is 6.18 Å². The molecule has 0 aromatic heterocycles. The molecule has 98 valence electrons. The Hall–Kier alpha value is -1.03.